The molecule has 1 aromatic rings. The van der Waals surface area contributed by atoms with Gasteiger partial charge < -0.3 is 5.11 Å². The standard InChI is InChI=1S/C13H15ClO2S/c14-12-7-10(5-6-11(12)13(15)16)17-8-9-3-1-2-4-9/h5-7,9H,1-4,8H2,(H,15,16). The number of carboxylic acids is 1. The average Bonchev–Trinajstić information content (AvgIpc) is 2.78. The maximum Gasteiger partial charge on any atom is 0.337 e. The SMILES string of the molecule is O=C(O)c1ccc(SCC2CCCC2)cc1Cl. The van der Waals surface area contributed by atoms with E-state index >= 15 is 0 Å². The fraction of sp³-hybridized carbons (Fsp3) is 0.462. The number of aromatic carboxylic acids is 1. The molecule has 0 amide bonds. The van der Waals surface area contributed by atoms with Crippen molar-refractivity contribution >= 4 is 29.3 Å². The molecular weight excluding hydrogens is 256 g/mol. The average molecular weight is 271 g/mol. The molecule has 0 radical (unpaired) electrons. The molecule has 1 N–H and O–H groups in total. The van der Waals surface area contributed by atoms with Gasteiger partial charge in [0.1, 0.15) is 0 Å². The van der Waals surface area contributed by atoms with Crippen LogP contribution in [-0.4, -0.2) is 16.8 Å². The van der Waals surface area contributed by atoms with Gasteiger partial charge >= 0.3 is 5.97 Å². The van der Waals surface area contributed by atoms with Crippen molar-refractivity contribution in [1.29, 1.82) is 0 Å². The van der Waals surface area contributed by atoms with Crippen LogP contribution in [0.2, 0.25) is 5.02 Å². The molecule has 1 aromatic carbocycles. The van der Waals surface area contributed by atoms with Gasteiger partial charge in [-0.05, 0) is 37.0 Å². The van der Waals surface area contributed by atoms with Gasteiger partial charge in [0.05, 0.1) is 10.6 Å². The van der Waals surface area contributed by atoms with E-state index in [0.29, 0.717) is 5.02 Å². The molecule has 1 saturated carbocycles. The number of halogens is 1. The van der Waals surface area contributed by atoms with Crippen LogP contribution in [-0.2, 0) is 0 Å². The Balaban J connectivity index is 1.97. The zero-order valence-electron chi connectivity index (χ0n) is 9.49. The Morgan fingerprint density at radius 1 is 1.41 bits per heavy atom. The summed E-state index contributed by atoms with van der Waals surface area (Å²) in [5, 5.41) is 9.20. The Hall–Kier alpha value is -0.670. The van der Waals surface area contributed by atoms with Crippen molar-refractivity contribution in [1.82, 2.24) is 0 Å². The molecule has 0 aromatic heterocycles. The Morgan fingerprint density at radius 3 is 2.71 bits per heavy atom. The van der Waals surface area contributed by atoms with Gasteiger partial charge in [0.2, 0.25) is 0 Å². The largest absolute Gasteiger partial charge is 0.478 e. The molecule has 2 rings (SSSR count). The lowest BCUT2D eigenvalue weighted by Crippen LogP contribution is -1.98. The van der Waals surface area contributed by atoms with E-state index in [4.69, 9.17) is 16.7 Å². The Labute approximate surface area is 110 Å². The summed E-state index contributed by atoms with van der Waals surface area (Å²) in [6.45, 7) is 0. The summed E-state index contributed by atoms with van der Waals surface area (Å²) in [7, 11) is 0. The summed E-state index contributed by atoms with van der Waals surface area (Å²) in [5.41, 5.74) is 0.178. The van der Waals surface area contributed by atoms with Gasteiger partial charge in [0.25, 0.3) is 0 Å². The molecule has 1 fully saturated rings. The number of carboxylic acid groups (broad SMARTS) is 1. The Bertz CT molecular complexity index is 414. The first-order chi connectivity index (χ1) is 8.16. The van der Waals surface area contributed by atoms with Crippen molar-refractivity contribution in [2.75, 3.05) is 5.75 Å². The maximum atomic E-state index is 10.8. The van der Waals surface area contributed by atoms with E-state index in [1.165, 1.54) is 25.7 Å². The molecule has 2 nitrogen and oxygen atoms in total. The quantitative estimate of drug-likeness (QED) is 0.828. The van der Waals surface area contributed by atoms with Crippen LogP contribution in [0.4, 0.5) is 0 Å². The number of benzene rings is 1. The molecular formula is C13H15ClO2S. The van der Waals surface area contributed by atoms with E-state index < -0.39 is 5.97 Å². The molecule has 0 spiro atoms. The van der Waals surface area contributed by atoms with Crippen molar-refractivity contribution in [2.45, 2.75) is 30.6 Å². The first-order valence-electron chi connectivity index (χ1n) is 5.82. The van der Waals surface area contributed by atoms with Crippen molar-refractivity contribution in [3.63, 3.8) is 0 Å². The molecule has 92 valence electrons. The third-order valence-corrected chi connectivity index (χ3v) is 4.67. The van der Waals surface area contributed by atoms with Crippen LogP contribution in [0.1, 0.15) is 36.0 Å². The van der Waals surface area contributed by atoms with E-state index in [1.807, 2.05) is 6.07 Å². The first-order valence-corrected chi connectivity index (χ1v) is 7.19. The maximum absolute atomic E-state index is 10.8. The number of rotatable bonds is 4. The van der Waals surface area contributed by atoms with Gasteiger partial charge in [-0.1, -0.05) is 24.4 Å². The number of carbonyl (C=O) groups is 1. The van der Waals surface area contributed by atoms with Crippen LogP contribution >= 0.6 is 23.4 Å². The molecule has 0 unspecified atom stereocenters. The van der Waals surface area contributed by atoms with E-state index in [1.54, 1.807) is 23.9 Å². The highest BCUT2D eigenvalue weighted by atomic mass is 35.5. The van der Waals surface area contributed by atoms with E-state index in [-0.39, 0.29) is 5.56 Å². The minimum absolute atomic E-state index is 0.178. The van der Waals surface area contributed by atoms with Crippen LogP contribution in [0.3, 0.4) is 0 Å². The second-order valence-corrected chi connectivity index (χ2v) is 5.91. The van der Waals surface area contributed by atoms with Gasteiger partial charge in [-0.2, -0.15) is 0 Å². The van der Waals surface area contributed by atoms with Crippen molar-refractivity contribution in [2.24, 2.45) is 5.92 Å². The fourth-order valence-electron chi connectivity index (χ4n) is 2.15. The van der Waals surface area contributed by atoms with E-state index in [0.717, 1.165) is 16.6 Å². The number of thioether (sulfide) groups is 1. The molecule has 1 aliphatic rings. The van der Waals surface area contributed by atoms with Gasteiger partial charge in [0, 0.05) is 10.6 Å². The van der Waals surface area contributed by atoms with Crippen molar-refractivity contribution in [3.8, 4) is 0 Å². The second kappa shape index (κ2) is 5.78. The lowest BCUT2D eigenvalue weighted by molar-refractivity contribution is 0.0697. The molecule has 0 saturated heterocycles. The van der Waals surface area contributed by atoms with E-state index in [2.05, 4.69) is 0 Å². The predicted molar refractivity (Wildman–Crippen MR) is 71.1 cm³/mol. The predicted octanol–water partition coefficient (Wildman–Crippen LogP) is 4.32. The highest BCUT2D eigenvalue weighted by molar-refractivity contribution is 7.99. The summed E-state index contributed by atoms with van der Waals surface area (Å²) in [5.74, 6) is 0.961. The lowest BCUT2D eigenvalue weighted by atomic mass is 10.1. The van der Waals surface area contributed by atoms with Gasteiger partial charge in [-0.3, -0.25) is 0 Å². The molecule has 0 heterocycles. The van der Waals surface area contributed by atoms with Crippen molar-refractivity contribution in [3.05, 3.63) is 28.8 Å². The molecule has 17 heavy (non-hydrogen) atoms. The minimum atomic E-state index is -0.970. The van der Waals surface area contributed by atoms with Gasteiger partial charge in [-0.25, -0.2) is 4.79 Å². The molecule has 0 bridgehead atoms. The summed E-state index contributed by atoms with van der Waals surface area (Å²) >= 11 is 7.70. The number of hydrogen-bond acceptors (Lipinski definition) is 2. The van der Waals surface area contributed by atoms with Crippen LogP contribution in [0, 0.1) is 5.92 Å². The molecule has 0 atom stereocenters. The topological polar surface area (TPSA) is 37.3 Å². The summed E-state index contributed by atoms with van der Waals surface area (Å²) in [6.07, 6.45) is 5.36. The third-order valence-electron chi connectivity index (χ3n) is 3.13. The van der Waals surface area contributed by atoms with Crippen molar-refractivity contribution < 1.29 is 9.90 Å². The fourth-order valence-corrected chi connectivity index (χ4v) is 3.60. The smallest absolute Gasteiger partial charge is 0.337 e. The van der Waals surface area contributed by atoms with E-state index in [9.17, 15) is 4.79 Å². The highest BCUT2D eigenvalue weighted by Crippen LogP contribution is 2.32. The van der Waals surface area contributed by atoms with Gasteiger partial charge in [-0.15, -0.1) is 11.8 Å². The Morgan fingerprint density at radius 2 is 2.12 bits per heavy atom. The highest BCUT2D eigenvalue weighted by Gasteiger charge is 2.15. The lowest BCUT2D eigenvalue weighted by Gasteiger charge is -2.09. The Kier molecular flexibility index (Phi) is 4.35. The molecule has 0 aliphatic heterocycles. The minimum Gasteiger partial charge on any atom is -0.478 e. The van der Waals surface area contributed by atoms with Crippen LogP contribution in [0.15, 0.2) is 23.1 Å². The van der Waals surface area contributed by atoms with Gasteiger partial charge in [0.15, 0.2) is 0 Å². The monoisotopic (exact) mass is 270 g/mol. The normalized spacial score (nSPS) is 16.3. The summed E-state index contributed by atoms with van der Waals surface area (Å²) in [6, 6.07) is 5.18. The zero-order chi connectivity index (χ0) is 12.3. The molecule has 4 heteroatoms. The zero-order valence-corrected chi connectivity index (χ0v) is 11.1. The first kappa shape index (κ1) is 12.8. The van der Waals surface area contributed by atoms with Crippen LogP contribution in [0.5, 0.6) is 0 Å². The summed E-state index contributed by atoms with van der Waals surface area (Å²) < 4.78 is 0. The second-order valence-electron chi connectivity index (χ2n) is 4.41. The van der Waals surface area contributed by atoms with Crippen LogP contribution < -0.4 is 0 Å². The third kappa shape index (κ3) is 3.39. The summed E-state index contributed by atoms with van der Waals surface area (Å²) in [4.78, 5) is 11.9. The molecule has 1 aliphatic carbocycles. The van der Waals surface area contributed by atoms with Crippen LogP contribution in [0.25, 0.3) is 0 Å². The number of hydrogen-bond donors (Lipinski definition) is 1.